The zero-order chi connectivity index (χ0) is 15.7. The van der Waals surface area contributed by atoms with Crippen LogP contribution in [0.2, 0.25) is 0 Å². The number of hydrogen-bond acceptors (Lipinski definition) is 4. The van der Waals surface area contributed by atoms with Crippen LogP contribution < -0.4 is 10.4 Å². The number of amides is 1. The second-order valence-corrected chi connectivity index (χ2v) is 6.63. The van der Waals surface area contributed by atoms with Gasteiger partial charge in [0.25, 0.3) is 5.91 Å². The van der Waals surface area contributed by atoms with E-state index in [1.807, 2.05) is 19.1 Å². The fraction of sp³-hybridized carbons (Fsp3) is 0.294. The maximum absolute atomic E-state index is 12.3. The summed E-state index contributed by atoms with van der Waals surface area (Å²) in [6, 6.07) is 7.18. The summed E-state index contributed by atoms with van der Waals surface area (Å²) in [5, 5.41) is 14.6. The molecule has 1 N–H and O–H groups in total. The number of fused-ring (bicyclic) bond motifs is 1. The van der Waals surface area contributed by atoms with E-state index >= 15 is 0 Å². The molecule has 1 aliphatic rings. The molecule has 0 radical (unpaired) electrons. The lowest BCUT2D eigenvalue weighted by Gasteiger charge is -2.13. The van der Waals surface area contributed by atoms with Crippen molar-refractivity contribution in [3.8, 4) is 0 Å². The Morgan fingerprint density at radius 3 is 2.50 bits per heavy atom. The Kier molecular flexibility index (Phi) is 3.98. The van der Waals surface area contributed by atoms with E-state index < -0.39 is 5.97 Å². The molecule has 2 aromatic rings. The topological polar surface area (TPSA) is 69.2 Å². The fourth-order valence-electron chi connectivity index (χ4n) is 2.75. The maximum Gasteiger partial charge on any atom is 0.256 e. The molecule has 5 heteroatoms. The van der Waals surface area contributed by atoms with E-state index in [0.29, 0.717) is 10.6 Å². The van der Waals surface area contributed by atoms with Crippen LogP contribution in [0.15, 0.2) is 24.3 Å². The van der Waals surface area contributed by atoms with Crippen molar-refractivity contribution < 1.29 is 14.7 Å². The van der Waals surface area contributed by atoms with Gasteiger partial charge >= 0.3 is 0 Å². The molecule has 0 unspecified atom stereocenters. The van der Waals surface area contributed by atoms with Gasteiger partial charge in [-0.3, -0.25) is 4.79 Å². The lowest BCUT2D eigenvalue weighted by molar-refractivity contribution is -0.254. The third kappa shape index (κ3) is 2.76. The van der Waals surface area contributed by atoms with Crippen molar-refractivity contribution in [1.29, 1.82) is 0 Å². The highest BCUT2D eigenvalue weighted by molar-refractivity contribution is 7.17. The summed E-state index contributed by atoms with van der Waals surface area (Å²) in [6.07, 6.45) is 3.66. The molecule has 0 saturated heterocycles. The highest BCUT2D eigenvalue weighted by Crippen LogP contribution is 2.37. The molecule has 3 rings (SSSR count). The lowest BCUT2D eigenvalue weighted by atomic mass is 9.95. The molecule has 1 heterocycles. The van der Waals surface area contributed by atoms with E-state index in [1.165, 1.54) is 11.3 Å². The number of carboxylic acid groups (broad SMARTS) is 1. The molecule has 0 fully saturated rings. The predicted octanol–water partition coefficient (Wildman–Crippen LogP) is 2.55. The lowest BCUT2D eigenvalue weighted by Crippen LogP contribution is -2.25. The van der Waals surface area contributed by atoms with Crippen LogP contribution in [0.3, 0.4) is 0 Å². The largest absolute Gasteiger partial charge is 0.545 e. The predicted molar refractivity (Wildman–Crippen MR) is 84.4 cm³/mol. The summed E-state index contributed by atoms with van der Waals surface area (Å²) in [5.41, 5.74) is 2.59. The Morgan fingerprint density at radius 2 is 1.82 bits per heavy atom. The molecule has 1 aliphatic carbocycles. The Hall–Kier alpha value is -2.14. The number of hydrogen-bond donors (Lipinski definition) is 1. The van der Waals surface area contributed by atoms with Crippen molar-refractivity contribution in [2.45, 2.75) is 32.6 Å². The van der Waals surface area contributed by atoms with Crippen molar-refractivity contribution >= 4 is 28.2 Å². The quantitative estimate of drug-likeness (QED) is 0.946. The highest BCUT2D eigenvalue weighted by Gasteiger charge is 2.22. The molecule has 1 amide bonds. The Morgan fingerprint density at radius 1 is 1.14 bits per heavy atom. The molecule has 0 aliphatic heterocycles. The maximum atomic E-state index is 12.3. The van der Waals surface area contributed by atoms with E-state index in [9.17, 15) is 14.7 Å². The Labute approximate surface area is 132 Å². The van der Waals surface area contributed by atoms with Gasteiger partial charge in [-0.2, -0.15) is 0 Å². The number of benzene rings is 1. The van der Waals surface area contributed by atoms with E-state index in [0.717, 1.165) is 41.7 Å². The minimum absolute atomic E-state index is 0.167. The Bertz CT molecular complexity index is 731. The van der Waals surface area contributed by atoms with Crippen LogP contribution in [0.1, 0.15) is 49.6 Å². The van der Waals surface area contributed by atoms with E-state index in [1.54, 1.807) is 12.1 Å². The van der Waals surface area contributed by atoms with Crippen molar-refractivity contribution in [3.05, 3.63) is 51.4 Å². The summed E-state index contributed by atoms with van der Waals surface area (Å²) in [6.45, 7) is 1.95. The number of nitrogens with one attached hydrogen (secondary N) is 1. The van der Waals surface area contributed by atoms with Crippen LogP contribution in [0.5, 0.6) is 0 Å². The highest BCUT2D eigenvalue weighted by atomic mass is 32.1. The van der Waals surface area contributed by atoms with Gasteiger partial charge in [-0.05, 0) is 50.3 Å². The summed E-state index contributed by atoms with van der Waals surface area (Å²) >= 11 is 1.36. The van der Waals surface area contributed by atoms with Gasteiger partial charge in [0.2, 0.25) is 0 Å². The van der Waals surface area contributed by atoms with Crippen LogP contribution in [0, 0.1) is 6.92 Å². The SMILES string of the molecule is Cc1ccc(C(=O)Nc2sc3c(c2C(=O)[O-])CCCC3)cc1. The van der Waals surface area contributed by atoms with E-state index in [4.69, 9.17) is 0 Å². The Balaban J connectivity index is 1.91. The van der Waals surface area contributed by atoms with Crippen LogP contribution in [-0.2, 0) is 12.8 Å². The van der Waals surface area contributed by atoms with Crippen molar-refractivity contribution in [2.75, 3.05) is 5.32 Å². The van der Waals surface area contributed by atoms with Gasteiger partial charge in [0.05, 0.1) is 5.97 Å². The molecular weight excluding hydrogens is 298 g/mol. The van der Waals surface area contributed by atoms with Crippen LogP contribution in [-0.4, -0.2) is 11.9 Å². The van der Waals surface area contributed by atoms with Crippen molar-refractivity contribution in [1.82, 2.24) is 0 Å². The number of aryl methyl sites for hydroxylation is 2. The fourth-order valence-corrected chi connectivity index (χ4v) is 4.02. The second kappa shape index (κ2) is 5.93. The molecule has 0 saturated carbocycles. The van der Waals surface area contributed by atoms with Gasteiger partial charge in [0.1, 0.15) is 5.00 Å². The normalized spacial score (nSPS) is 13.5. The molecule has 0 atom stereocenters. The molecule has 114 valence electrons. The summed E-state index contributed by atoms with van der Waals surface area (Å²) in [4.78, 5) is 24.8. The van der Waals surface area contributed by atoms with Gasteiger partial charge < -0.3 is 15.2 Å². The molecule has 22 heavy (non-hydrogen) atoms. The first-order chi connectivity index (χ1) is 10.6. The first-order valence-electron chi connectivity index (χ1n) is 7.30. The molecular formula is C17H16NO3S-. The number of anilines is 1. The smallest absolute Gasteiger partial charge is 0.256 e. The molecule has 0 bridgehead atoms. The van der Waals surface area contributed by atoms with E-state index in [-0.39, 0.29) is 11.5 Å². The number of carbonyl (C=O) groups excluding carboxylic acids is 2. The van der Waals surface area contributed by atoms with Crippen LogP contribution in [0.4, 0.5) is 5.00 Å². The van der Waals surface area contributed by atoms with Gasteiger partial charge in [-0.25, -0.2) is 0 Å². The summed E-state index contributed by atoms with van der Waals surface area (Å²) in [7, 11) is 0. The second-order valence-electron chi connectivity index (χ2n) is 5.52. The molecule has 0 spiro atoms. The van der Waals surface area contributed by atoms with Crippen molar-refractivity contribution in [2.24, 2.45) is 0 Å². The number of rotatable bonds is 3. The van der Waals surface area contributed by atoms with Gasteiger partial charge in [0, 0.05) is 16.0 Å². The number of carboxylic acids is 1. The molecule has 4 nitrogen and oxygen atoms in total. The first kappa shape index (κ1) is 14.8. The van der Waals surface area contributed by atoms with Gasteiger partial charge in [0.15, 0.2) is 0 Å². The van der Waals surface area contributed by atoms with Crippen LogP contribution in [0.25, 0.3) is 0 Å². The minimum Gasteiger partial charge on any atom is -0.545 e. The summed E-state index contributed by atoms with van der Waals surface area (Å²) in [5.74, 6) is -1.50. The molecule has 1 aromatic heterocycles. The van der Waals surface area contributed by atoms with Gasteiger partial charge in [-0.15, -0.1) is 11.3 Å². The van der Waals surface area contributed by atoms with Crippen LogP contribution >= 0.6 is 11.3 Å². The summed E-state index contributed by atoms with van der Waals surface area (Å²) < 4.78 is 0. The monoisotopic (exact) mass is 314 g/mol. The average molecular weight is 314 g/mol. The third-order valence-corrected chi connectivity index (χ3v) is 5.12. The number of aromatic carboxylic acids is 1. The average Bonchev–Trinajstić information content (AvgIpc) is 2.85. The minimum atomic E-state index is -1.21. The van der Waals surface area contributed by atoms with Crippen molar-refractivity contribution in [3.63, 3.8) is 0 Å². The zero-order valence-electron chi connectivity index (χ0n) is 12.3. The number of thiophene rings is 1. The van der Waals surface area contributed by atoms with Gasteiger partial charge in [-0.1, -0.05) is 17.7 Å². The van der Waals surface area contributed by atoms with E-state index in [2.05, 4.69) is 5.32 Å². The molecule has 1 aromatic carbocycles. The third-order valence-electron chi connectivity index (χ3n) is 3.92. The first-order valence-corrected chi connectivity index (χ1v) is 8.12. The zero-order valence-corrected chi connectivity index (χ0v) is 13.1. The number of carbonyl (C=O) groups is 2. The standard InChI is InChI=1S/C17H17NO3S/c1-10-6-8-11(9-7-10)15(19)18-16-14(17(20)21)12-4-2-3-5-13(12)22-16/h6-9H,2-5H2,1H3,(H,18,19)(H,20,21)/p-1.